The van der Waals surface area contributed by atoms with Crippen LogP contribution in [0.4, 0.5) is 0 Å². The van der Waals surface area contributed by atoms with Crippen LogP contribution >= 0.6 is 0 Å². The van der Waals surface area contributed by atoms with Gasteiger partial charge < -0.3 is 0 Å². The summed E-state index contributed by atoms with van der Waals surface area (Å²) in [4.78, 5) is 2.00. The molecule has 0 radical (unpaired) electrons. The van der Waals surface area contributed by atoms with Crippen LogP contribution in [0.1, 0.15) is 23.6 Å². The van der Waals surface area contributed by atoms with Gasteiger partial charge in [0.15, 0.2) is 9.84 Å². The van der Waals surface area contributed by atoms with E-state index in [2.05, 4.69) is 25.1 Å². The zero-order valence-corrected chi connectivity index (χ0v) is 11.3. The summed E-state index contributed by atoms with van der Waals surface area (Å²) in [7, 11) is -2.91. The van der Waals surface area contributed by atoms with Crippen molar-refractivity contribution in [2.45, 2.75) is 26.3 Å². The molecule has 0 amide bonds. The minimum Gasteiger partial charge on any atom is -0.285 e. The topological polar surface area (TPSA) is 37.4 Å². The minimum atomic E-state index is -2.91. The summed E-state index contributed by atoms with van der Waals surface area (Å²) in [5, 5.41) is 0. The van der Waals surface area contributed by atoms with Crippen LogP contribution in [0.2, 0.25) is 0 Å². The van der Waals surface area contributed by atoms with Crippen LogP contribution in [-0.2, 0) is 29.2 Å². The first-order valence-corrected chi connectivity index (χ1v) is 8.05. The van der Waals surface area contributed by atoms with Crippen molar-refractivity contribution in [3.63, 3.8) is 0 Å². The molecule has 2 rings (SSSR count). The van der Waals surface area contributed by atoms with Crippen molar-refractivity contribution in [3.05, 3.63) is 34.9 Å². The van der Waals surface area contributed by atoms with Crippen LogP contribution in [0, 0.1) is 0 Å². The number of hydrogen-bond donors (Lipinski definition) is 0. The molecule has 0 saturated carbocycles. The Morgan fingerprint density at radius 2 is 2.06 bits per heavy atom. The highest BCUT2D eigenvalue weighted by Crippen LogP contribution is 2.20. The fraction of sp³-hybridized carbons (Fsp3) is 0.538. The van der Waals surface area contributed by atoms with E-state index in [1.807, 2.05) is 4.90 Å². The Morgan fingerprint density at radius 3 is 2.71 bits per heavy atom. The van der Waals surface area contributed by atoms with Crippen LogP contribution in [0.3, 0.4) is 0 Å². The van der Waals surface area contributed by atoms with E-state index in [0.29, 0.717) is 0 Å². The number of nitrogens with zero attached hydrogens (tertiary/aromatic N) is 1. The lowest BCUT2D eigenvalue weighted by Crippen LogP contribution is -2.34. The molecule has 1 aliphatic rings. The average Bonchev–Trinajstić information content (AvgIpc) is 2.26. The lowest BCUT2D eigenvalue weighted by molar-refractivity contribution is 0.293. The molecule has 0 aromatic heterocycles. The van der Waals surface area contributed by atoms with E-state index in [-0.39, 0.29) is 5.88 Å². The predicted molar refractivity (Wildman–Crippen MR) is 69.6 cm³/mol. The molecule has 0 unspecified atom stereocenters. The van der Waals surface area contributed by atoms with E-state index < -0.39 is 9.84 Å². The molecule has 0 saturated heterocycles. The molecule has 0 N–H and O–H groups in total. The number of aryl methyl sites for hydroxylation is 1. The lowest BCUT2D eigenvalue weighted by atomic mass is 9.97. The minimum absolute atomic E-state index is 0.169. The Bertz CT molecular complexity index is 508. The quantitative estimate of drug-likeness (QED) is 0.821. The summed E-state index contributed by atoms with van der Waals surface area (Å²) in [6.45, 7) is 3.75. The largest absolute Gasteiger partial charge is 0.285 e. The first kappa shape index (κ1) is 12.6. The Balaban J connectivity index is 2.14. The van der Waals surface area contributed by atoms with Crippen LogP contribution in [0.25, 0.3) is 0 Å². The third-order valence-corrected chi connectivity index (χ3v) is 4.02. The summed E-state index contributed by atoms with van der Waals surface area (Å²) in [5.41, 5.74) is 4.02. The van der Waals surface area contributed by atoms with Gasteiger partial charge in [-0.1, -0.05) is 25.1 Å². The van der Waals surface area contributed by atoms with Crippen LogP contribution < -0.4 is 0 Å². The zero-order valence-electron chi connectivity index (χ0n) is 10.4. The summed E-state index contributed by atoms with van der Waals surface area (Å²) >= 11 is 0. The van der Waals surface area contributed by atoms with E-state index in [0.717, 1.165) is 25.9 Å². The van der Waals surface area contributed by atoms with Crippen LogP contribution in [0.15, 0.2) is 18.2 Å². The van der Waals surface area contributed by atoms with E-state index in [4.69, 9.17) is 0 Å². The summed E-state index contributed by atoms with van der Waals surface area (Å²) in [5.74, 6) is 0.169. The fourth-order valence-electron chi connectivity index (χ4n) is 2.33. The van der Waals surface area contributed by atoms with Gasteiger partial charge in [0, 0.05) is 19.3 Å². The van der Waals surface area contributed by atoms with Gasteiger partial charge in [-0.3, -0.25) is 4.90 Å². The molecule has 94 valence electrons. The monoisotopic (exact) mass is 253 g/mol. The molecule has 17 heavy (non-hydrogen) atoms. The first-order chi connectivity index (χ1) is 7.98. The van der Waals surface area contributed by atoms with Gasteiger partial charge in [0.25, 0.3) is 0 Å². The Labute approximate surface area is 103 Å². The van der Waals surface area contributed by atoms with Crippen molar-refractivity contribution < 1.29 is 8.42 Å². The zero-order chi connectivity index (χ0) is 12.5. The normalized spacial score (nSPS) is 16.8. The summed E-state index contributed by atoms with van der Waals surface area (Å²) in [6, 6.07) is 6.54. The molecule has 0 bridgehead atoms. The molecule has 1 aromatic rings. The van der Waals surface area contributed by atoms with E-state index in [1.54, 1.807) is 0 Å². The first-order valence-electron chi connectivity index (χ1n) is 5.98. The van der Waals surface area contributed by atoms with Crippen LogP contribution in [-0.4, -0.2) is 32.0 Å². The Morgan fingerprint density at radius 1 is 1.29 bits per heavy atom. The maximum atomic E-state index is 11.3. The summed E-state index contributed by atoms with van der Waals surface area (Å²) < 4.78 is 22.5. The molecule has 1 aromatic carbocycles. The summed E-state index contributed by atoms with van der Waals surface area (Å²) in [6.07, 6.45) is 3.31. The van der Waals surface area contributed by atoms with Gasteiger partial charge in [0.2, 0.25) is 0 Å². The highest BCUT2D eigenvalue weighted by Gasteiger charge is 2.19. The van der Waals surface area contributed by atoms with E-state index in [9.17, 15) is 8.42 Å². The molecular weight excluding hydrogens is 234 g/mol. The Kier molecular flexibility index (Phi) is 3.54. The number of rotatable bonds is 3. The van der Waals surface area contributed by atoms with Gasteiger partial charge in [0.1, 0.15) is 5.88 Å². The van der Waals surface area contributed by atoms with Gasteiger partial charge in [-0.25, -0.2) is 8.42 Å². The maximum Gasteiger partial charge on any atom is 0.160 e. The molecule has 0 spiro atoms. The highest BCUT2D eigenvalue weighted by molar-refractivity contribution is 7.90. The van der Waals surface area contributed by atoms with Crippen molar-refractivity contribution in [2.75, 3.05) is 18.7 Å². The van der Waals surface area contributed by atoms with Crippen molar-refractivity contribution in [1.29, 1.82) is 0 Å². The molecule has 4 heteroatoms. The molecular formula is C13H19NO2S. The molecule has 0 aliphatic carbocycles. The number of benzene rings is 1. The number of sulfone groups is 1. The smallest absolute Gasteiger partial charge is 0.160 e. The van der Waals surface area contributed by atoms with Gasteiger partial charge >= 0.3 is 0 Å². The van der Waals surface area contributed by atoms with Crippen molar-refractivity contribution in [1.82, 2.24) is 4.90 Å². The highest BCUT2D eigenvalue weighted by atomic mass is 32.2. The molecule has 1 aliphatic heterocycles. The van der Waals surface area contributed by atoms with E-state index in [1.165, 1.54) is 22.9 Å². The lowest BCUT2D eigenvalue weighted by Gasteiger charge is -2.28. The standard InChI is InChI=1S/C13H19NO2S/c1-3-11-4-5-13-9-14(10-17(2,15)16)7-6-12(13)8-11/h4-5,8H,3,6-7,9-10H2,1-2H3. The maximum absolute atomic E-state index is 11.3. The fourth-order valence-corrected chi connectivity index (χ4v) is 3.21. The SMILES string of the molecule is CCc1ccc2c(c1)CCN(CS(C)(=O)=O)C2. The van der Waals surface area contributed by atoms with Crippen molar-refractivity contribution >= 4 is 9.84 Å². The predicted octanol–water partition coefficient (Wildman–Crippen LogP) is 1.61. The van der Waals surface area contributed by atoms with Crippen molar-refractivity contribution in [2.24, 2.45) is 0 Å². The second kappa shape index (κ2) is 4.78. The number of fused-ring (bicyclic) bond motifs is 1. The third kappa shape index (κ3) is 3.30. The molecule has 0 fully saturated rings. The second-order valence-electron chi connectivity index (χ2n) is 4.81. The van der Waals surface area contributed by atoms with E-state index >= 15 is 0 Å². The molecule has 1 heterocycles. The average molecular weight is 253 g/mol. The number of hydrogen-bond acceptors (Lipinski definition) is 3. The van der Waals surface area contributed by atoms with Gasteiger partial charge in [-0.2, -0.15) is 0 Å². The van der Waals surface area contributed by atoms with Gasteiger partial charge in [0.05, 0.1) is 0 Å². The van der Waals surface area contributed by atoms with Crippen molar-refractivity contribution in [3.8, 4) is 0 Å². The van der Waals surface area contributed by atoms with Crippen LogP contribution in [0.5, 0.6) is 0 Å². The van der Waals surface area contributed by atoms with Gasteiger partial charge in [-0.15, -0.1) is 0 Å². The Hall–Kier alpha value is -0.870. The van der Waals surface area contributed by atoms with Gasteiger partial charge in [-0.05, 0) is 29.5 Å². The third-order valence-electron chi connectivity index (χ3n) is 3.19. The molecule has 3 nitrogen and oxygen atoms in total. The second-order valence-corrected chi connectivity index (χ2v) is 6.92. The molecule has 0 atom stereocenters.